The fourth-order valence-electron chi connectivity index (χ4n) is 15.4. The molecule has 0 saturated heterocycles. The molecule has 2 aliphatic heterocycles. The Balaban J connectivity index is 0.785. The summed E-state index contributed by atoms with van der Waals surface area (Å²) >= 11 is 0. The molecule has 0 atom stereocenters. The maximum atomic E-state index is 5.66. The molecule has 0 bridgehead atoms. The van der Waals surface area contributed by atoms with Crippen LogP contribution in [0.15, 0.2) is 364 Å². The molecule has 0 fully saturated rings. The molecule has 20 rings (SSSR count). The third-order valence-corrected chi connectivity index (χ3v) is 20.3. The van der Waals surface area contributed by atoms with Crippen molar-refractivity contribution < 1.29 is 0 Å². The normalized spacial score (nSPS) is 12.1. The number of benzene rings is 14. The van der Waals surface area contributed by atoms with Gasteiger partial charge in [0.1, 0.15) is 0 Å². The Morgan fingerprint density at radius 1 is 0.217 bits per heavy atom. The minimum absolute atomic E-state index is 0.0461. The predicted molar refractivity (Wildman–Crippen MR) is 432 cm³/mol. The summed E-state index contributed by atoms with van der Waals surface area (Å²) in [7, 11) is 0. The lowest BCUT2D eigenvalue weighted by atomic mass is 9.33. The first-order valence-electron chi connectivity index (χ1n) is 35.6. The molecule has 2 aliphatic rings. The average molecular weight is 1350 g/mol. The first kappa shape index (κ1) is 61.5. The highest BCUT2D eigenvalue weighted by Crippen LogP contribution is 2.49. The highest BCUT2D eigenvalue weighted by atomic mass is 15.2. The Morgan fingerprint density at radius 2 is 0.604 bits per heavy atom. The van der Waals surface area contributed by atoms with Gasteiger partial charge in [-0.3, -0.25) is 0 Å². The van der Waals surface area contributed by atoms with Crippen LogP contribution in [0.25, 0.3) is 141 Å². The Bertz CT molecular complexity index is 6260. The highest BCUT2D eigenvalue weighted by Gasteiger charge is 2.44. The molecule has 0 unspecified atom stereocenters. The van der Waals surface area contributed by atoms with Crippen LogP contribution >= 0.6 is 0 Å². The Labute approximate surface area is 612 Å². The van der Waals surface area contributed by atoms with E-state index in [4.69, 9.17) is 39.9 Å². The highest BCUT2D eigenvalue weighted by molar-refractivity contribution is 7.00. The van der Waals surface area contributed by atoms with Crippen LogP contribution in [0.2, 0.25) is 0 Å². The van der Waals surface area contributed by atoms with Gasteiger partial charge in [-0.05, 0) is 107 Å². The molecule has 494 valence electrons. The van der Waals surface area contributed by atoms with Crippen molar-refractivity contribution in [1.29, 1.82) is 0 Å². The molecule has 106 heavy (non-hydrogen) atoms. The summed E-state index contributed by atoms with van der Waals surface area (Å²) < 4.78 is 2.33. The number of para-hydroxylation sites is 5. The Kier molecular flexibility index (Phi) is 15.0. The molecule has 0 radical (unpaired) electrons. The van der Waals surface area contributed by atoms with Crippen LogP contribution in [0.4, 0.5) is 34.1 Å². The fraction of sp³-hybridized carbons (Fsp3) is 0. The summed E-state index contributed by atoms with van der Waals surface area (Å²) in [5, 5.41) is 2.06. The van der Waals surface area contributed by atoms with Gasteiger partial charge in [-0.1, -0.05) is 279 Å². The molecule has 14 aromatic carbocycles. The van der Waals surface area contributed by atoms with E-state index >= 15 is 0 Å². The molecule has 6 heterocycles. The van der Waals surface area contributed by atoms with Crippen LogP contribution < -0.4 is 26.2 Å². The number of anilines is 6. The molecular weight excluding hydrogens is 1290 g/mol. The number of rotatable bonds is 13. The van der Waals surface area contributed by atoms with Crippen molar-refractivity contribution in [1.82, 2.24) is 44.4 Å². The quantitative estimate of drug-likeness (QED) is 0.103. The van der Waals surface area contributed by atoms with Crippen LogP contribution in [0.1, 0.15) is 0 Å². The van der Waals surface area contributed by atoms with Gasteiger partial charge in [0.25, 0.3) is 6.71 Å². The smallest absolute Gasteiger partial charge is 0.252 e. The van der Waals surface area contributed by atoms with Crippen molar-refractivity contribution in [3.05, 3.63) is 364 Å². The van der Waals surface area contributed by atoms with Gasteiger partial charge < -0.3 is 14.4 Å². The molecule has 0 saturated carbocycles. The minimum atomic E-state index is -0.0461. The summed E-state index contributed by atoms with van der Waals surface area (Å²) in [5.74, 6) is 3.89. The van der Waals surface area contributed by atoms with E-state index in [-0.39, 0.29) is 6.71 Å². The lowest BCUT2D eigenvalue weighted by Crippen LogP contribution is -2.61. The predicted octanol–water partition coefficient (Wildman–Crippen LogP) is 20.7. The fourth-order valence-corrected chi connectivity index (χ4v) is 15.4. The van der Waals surface area contributed by atoms with Gasteiger partial charge in [-0.25, -0.2) is 39.9 Å². The first-order chi connectivity index (χ1) is 52.6. The molecule has 4 aromatic heterocycles. The standard InChI is InChI=1S/C94H60BN11/c1-8-28-62(29-9-1)78-60-79(97-88(96-78)63-30-10-2-11-31-63)68-52-55-82(106-80-45-25-22-42-73(80)74-59-69(53-56-81(74)106)93-100-89(64-32-12-3-13-33-64)98-90(101-93)65-34-14-4-15-35-65)75(58-68)94-102-91(66-36-16-5-17-37-66)99-92(103-94)67-50-48-61(49-51-67)72-54-57-85-86-87(72)105(71-40-20-7-21-41-71)84-47-27-24-44-77(84)95(86)76-43-23-26-46-83(76)104(85)70-38-18-6-19-39-70/h1-60H. The Hall–Kier alpha value is -14.4. The number of nitrogens with zero attached hydrogens (tertiary/aromatic N) is 11. The third kappa shape index (κ3) is 10.8. The molecule has 11 nitrogen and oxygen atoms in total. The Morgan fingerprint density at radius 3 is 1.16 bits per heavy atom. The number of hydrogen-bond acceptors (Lipinski definition) is 10. The van der Waals surface area contributed by atoms with Crippen molar-refractivity contribution in [2.24, 2.45) is 0 Å². The van der Waals surface area contributed by atoms with E-state index in [0.717, 1.165) is 129 Å². The first-order valence-corrected chi connectivity index (χ1v) is 35.6. The van der Waals surface area contributed by atoms with Crippen LogP contribution in [-0.2, 0) is 0 Å². The van der Waals surface area contributed by atoms with Crippen LogP contribution in [0, 0.1) is 0 Å². The van der Waals surface area contributed by atoms with E-state index in [9.17, 15) is 0 Å². The average Bonchev–Trinajstić information content (AvgIpc) is 0.824. The van der Waals surface area contributed by atoms with Gasteiger partial charge in [0.15, 0.2) is 40.8 Å². The largest absolute Gasteiger partial charge is 0.311 e. The molecule has 0 aliphatic carbocycles. The van der Waals surface area contributed by atoms with Crippen molar-refractivity contribution in [2.75, 3.05) is 9.80 Å². The second kappa shape index (κ2) is 25.9. The summed E-state index contributed by atoms with van der Waals surface area (Å²) in [5.41, 5.74) is 24.8. The van der Waals surface area contributed by atoms with Gasteiger partial charge in [-0.2, -0.15) is 0 Å². The van der Waals surface area contributed by atoms with Crippen LogP contribution in [-0.4, -0.2) is 51.2 Å². The number of hydrogen-bond donors (Lipinski definition) is 0. The van der Waals surface area contributed by atoms with Crippen LogP contribution in [0.5, 0.6) is 0 Å². The van der Waals surface area contributed by atoms with Gasteiger partial charge in [0, 0.05) is 94.8 Å². The second-order valence-corrected chi connectivity index (χ2v) is 26.6. The maximum absolute atomic E-state index is 5.66. The molecule has 12 heteroatoms. The molecular formula is C94H60BN11. The molecule has 0 spiro atoms. The van der Waals surface area contributed by atoms with Crippen LogP contribution in [0.3, 0.4) is 0 Å². The molecule has 0 N–H and O–H groups in total. The van der Waals surface area contributed by atoms with Crippen molar-refractivity contribution in [2.45, 2.75) is 0 Å². The zero-order valence-electron chi connectivity index (χ0n) is 57.1. The summed E-state index contributed by atoms with van der Waals surface area (Å²) in [6.07, 6.45) is 0. The minimum Gasteiger partial charge on any atom is -0.311 e. The van der Waals surface area contributed by atoms with E-state index < -0.39 is 0 Å². The lowest BCUT2D eigenvalue weighted by molar-refractivity contribution is 1.06. The summed E-state index contributed by atoms with van der Waals surface area (Å²) in [6, 6.07) is 127. The van der Waals surface area contributed by atoms with Gasteiger partial charge in [0.05, 0.1) is 33.8 Å². The summed E-state index contributed by atoms with van der Waals surface area (Å²) in [6.45, 7) is -0.0461. The number of fused-ring (bicyclic) bond motifs is 7. The van der Waals surface area contributed by atoms with Crippen molar-refractivity contribution in [3.8, 4) is 119 Å². The lowest BCUT2D eigenvalue weighted by Gasteiger charge is -2.45. The number of aromatic nitrogens is 9. The third-order valence-electron chi connectivity index (χ3n) is 20.3. The summed E-state index contributed by atoms with van der Waals surface area (Å²) in [4.78, 5) is 47.6. The van der Waals surface area contributed by atoms with Gasteiger partial charge in [0.2, 0.25) is 0 Å². The van der Waals surface area contributed by atoms with E-state index in [1.807, 2.05) is 115 Å². The van der Waals surface area contributed by atoms with E-state index in [0.29, 0.717) is 40.8 Å². The zero-order valence-corrected chi connectivity index (χ0v) is 57.1. The maximum Gasteiger partial charge on any atom is 0.252 e. The SMILES string of the molecule is c1ccc(-c2cc(-c3ccc(-n4c5ccccc5c5cc(-c6nc(-c7ccccc7)nc(-c7ccccc7)n6)ccc54)c(-c4nc(-c5ccccc5)nc(-c5ccc(-c6ccc7c8c6N(c6ccccc6)c6ccccc6B8c6ccccc6N7c6ccccc6)cc5)n4)c3)nc(-c3ccccc3)n2)cc1. The molecule has 18 aromatic rings. The van der Waals surface area contributed by atoms with Crippen molar-refractivity contribution in [3.63, 3.8) is 0 Å². The zero-order chi connectivity index (χ0) is 70.0. The monoisotopic (exact) mass is 1350 g/mol. The van der Waals surface area contributed by atoms with E-state index in [1.54, 1.807) is 0 Å². The second-order valence-electron chi connectivity index (χ2n) is 26.6. The topological polar surface area (TPSA) is 115 Å². The van der Waals surface area contributed by atoms with E-state index in [2.05, 4.69) is 263 Å². The van der Waals surface area contributed by atoms with Gasteiger partial charge >= 0.3 is 0 Å². The van der Waals surface area contributed by atoms with Gasteiger partial charge in [-0.15, -0.1) is 0 Å². The molecule has 0 amide bonds. The van der Waals surface area contributed by atoms with E-state index in [1.165, 1.54) is 22.1 Å². The van der Waals surface area contributed by atoms with Crippen molar-refractivity contribution >= 4 is 79.0 Å².